The van der Waals surface area contributed by atoms with Crippen molar-refractivity contribution in [3.05, 3.63) is 35.1 Å². The van der Waals surface area contributed by atoms with E-state index in [4.69, 9.17) is 10.5 Å². The Morgan fingerprint density at radius 1 is 1.38 bits per heavy atom. The Labute approximate surface area is 130 Å². The number of benzene rings is 1. The molecule has 3 rings (SSSR count). The van der Waals surface area contributed by atoms with E-state index in [-0.39, 0.29) is 17.5 Å². The van der Waals surface area contributed by atoms with Gasteiger partial charge in [0.15, 0.2) is 0 Å². The van der Waals surface area contributed by atoms with E-state index in [1.807, 2.05) is 23.9 Å². The molecule has 2 nitrogen and oxygen atoms in total. The number of halogens is 1. The third-order valence-electron chi connectivity index (χ3n) is 5.01. The lowest BCUT2D eigenvalue weighted by Crippen LogP contribution is -2.45. The Hall–Kier alpha value is -0.580. The zero-order chi connectivity index (χ0) is 14.9. The third-order valence-corrected chi connectivity index (χ3v) is 6.00. The molecule has 0 aliphatic carbocycles. The Bertz CT molecular complexity index is 496. The summed E-state index contributed by atoms with van der Waals surface area (Å²) in [6.45, 7) is 2.61. The number of thioether (sulfide) groups is 1. The molecule has 2 atom stereocenters. The minimum atomic E-state index is -0.154. The van der Waals surface area contributed by atoms with Gasteiger partial charge in [-0.2, -0.15) is 11.8 Å². The normalized spacial score (nSPS) is 26.7. The van der Waals surface area contributed by atoms with Crippen LogP contribution < -0.4 is 5.73 Å². The van der Waals surface area contributed by atoms with Crippen molar-refractivity contribution in [3.63, 3.8) is 0 Å². The van der Waals surface area contributed by atoms with Crippen LogP contribution in [0.5, 0.6) is 0 Å². The Balaban J connectivity index is 1.74. The van der Waals surface area contributed by atoms with Gasteiger partial charge in [-0.25, -0.2) is 4.39 Å². The second-order valence-electron chi connectivity index (χ2n) is 6.43. The van der Waals surface area contributed by atoms with E-state index in [9.17, 15) is 4.39 Å². The first kappa shape index (κ1) is 15.3. The first-order chi connectivity index (χ1) is 10.1. The van der Waals surface area contributed by atoms with Gasteiger partial charge >= 0.3 is 0 Å². The van der Waals surface area contributed by atoms with Crippen molar-refractivity contribution in [1.82, 2.24) is 0 Å². The fourth-order valence-corrected chi connectivity index (χ4v) is 4.85. The van der Waals surface area contributed by atoms with Gasteiger partial charge < -0.3 is 10.5 Å². The van der Waals surface area contributed by atoms with Gasteiger partial charge in [-0.15, -0.1) is 0 Å². The van der Waals surface area contributed by atoms with Gasteiger partial charge in [0.25, 0.3) is 0 Å². The number of rotatable bonds is 2. The highest BCUT2D eigenvalue weighted by Crippen LogP contribution is 2.43. The van der Waals surface area contributed by atoms with E-state index in [0.717, 1.165) is 37.9 Å². The number of aryl methyl sites for hydroxylation is 1. The fraction of sp³-hybridized carbons (Fsp3) is 0.647. The number of hydrogen-bond donors (Lipinski definition) is 1. The lowest BCUT2D eigenvalue weighted by molar-refractivity contribution is -0.105. The van der Waals surface area contributed by atoms with Crippen molar-refractivity contribution in [2.24, 2.45) is 11.7 Å². The molecule has 2 unspecified atom stereocenters. The Morgan fingerprint density at radius 3 is 2.86 bits per heavy atom. The number of hydrogen-bond acceptors (Lipinski definition) is 3. The first-order valence-electron chi connectivity index (χ1n) is 7.83. The van der Waals surface area contributed by atoms with Crippen LogP contribution in [-0.2, 0) is 4.74 Å². The van der Waals surface area contributed by atoms with Crippen molar-refractivity contribution >= 4 is 11.8 Å². The fourth-order valence-electron chi connectivity index (χ4n) is 3.61. The molecule has 1 spiro atoms. The summed E-state index contributed by atoms with van der Waals surface area (Å²) in [7, 11) is 0. The van der Waals surface area contributed by atoms with Gasteiger partial charge in [0.05, 0.1) is 5.60 Å². The average Bonchev–Trinajstić information content (AvgIpc) is 2.50. The summed E-state index contributed by atoms with van der Waals surface area (Å²) >= 11 is 2.02. The van der Waals surface area contributed by atoms with Crippen LogP contribution >= 0.6 is 11.8 Å². The molecule has 1 aromatic carbocycles. The zero-order valence-electron chi connectivity index (χ0n) is 12.6. The van der Waals surface area contributed by atoms with E-state index in [2.05, 4.69) is 0 Å². The van der Waals surface area contributed by atoms with Gasteiger partial charge in [0.2, 0.25) is 0 Å². The predicted molar refractivity (Wildman–Crippen MR) is 86.0 cm³/mol. The molecular weight excluding hydrogens is 285 g/mol. The minimum Gasteiger partial charge on any atom is -0.375 e. The van der Waals surface area contributed by atoms with Crippen molar-refractivity contribution in [2.75, 3.05) is 18.1 Å². The van der Waals surface area contributed by atoms with Gasteiger partial charge in [-0.05, 0) is 67.2 Å². The molecule has 1 aromatic rings. The smallest absolute Gasteiger partial charge is 0.126 e. The molecule has 116 valence electrons. The van der Waals surface area contributed by atoms with Gasteiger partial charge in [0, 0.05) is 12.6 Å². The van der Waals surface area contributed by atoms with Crippen LogP contribution in [0.15, 0.2) is 18.2 Å². The van der Waals surface area contributed by atoms with Gasteiger partial charge in [-0.1, -0.05) is 12.1 Å². The quantitative estimate of drug-likeness (QED) is 0.902. The summed E-state index contributed by atoms with van der Waals surface area (Å²) in [6, 6.07) is 5.27. The van der Waals surface area contributed by atoms with E-state index in [1.165, 1.54) is 17.6 Å². The average molecular weight is 309 g/mol. The monoisotopic (exact) mass is 309 g/mol. The Kier molecular flexibility index (Phi) is 4.57. The Morgan fingerprint density at radius 2 is 2.14 bits per heavy atom. The highest BCUT2D eigenvalue weighted by atomic mass is 32.2. The summed E-state index contributed by atoms with van der Waals surface area (Å²) in [4.78, 5) is 0. The lowest BCUT2D eigenvalue weighted by atomic mass is 9.77. The SMILES string of the molecule is Cc1cc(C(N)C2CCOC3(CCSCC3)C2)ccc1F. The first-order valence-corrected chi connectivity index (χ1v) is 8.98. The van der Waals surface area contributed by atoms with E-state index in [0.29, 0.717) is 11.5 Å². The van der Waals surface area contributed by atoms with Crippen molar-refractivity contribution in [2.45, 2.75) is 44.2 Å². The maximum atomic E-state index is 13.4. The largest absolute Gasteiger partial charge is 0.375 e. The lowest BCUT2D eigenvalue weighted by Gasteiger charge is -2.44. The van der Waals surface area contributed by atoms with E-state index < -0.39 is 0 Å². The molecule has 0 aromatic heterocycles. The van der Waals surface area contributed by atoms with Gasteiger partial charge in [-0.3, -0.25) is 0 Å². The second-order valence-corrected chi connectivity index (χ2v) is 7.66. The van der Waals surface area contributed by atoms with Crippen LogP contribution in [0.25, 0.3) is 0 Å². The number of nitrogens with two attached hydrogens (primary N) is 1. The molecule has 2 N–H and O–H groups in total. The molecule has 0 amide bonds. The topological polar surface area (TPSA) is 35.2 Å². The maximum Gasteiger partial charge on any atom is 0.126 e. The third kappa shape index (κ3) is 3.27. The van der Waals surface area contributed by atoms with Crippen molar-refractivity contribution in [3.8, 4) is 0 Å². The second kappa shape index (κ2) is 6.27. The van der Waals surface area contributed by atoms with Crippen molar-refractivity contribution < 1.29 is 9.13 Å². The number of ether oxygens (including phenoxy) is 1. The van der Waals surface area contributed by atoms with E-state index >= 15 is 0 Å². The summed E-state index contributed by atoms with van der Waals surface area (Å²) in [5, 5.41) is 0. The molecule has 4 heteroatoms. The molecule has 21 heavy (non-hydrogen) atoms. The molecule has 2 fully saturated rings. The summed E-state index contributed by atoms with van der Waals surface area (Å²) in [5.74, 6) is 2.67. The molecule has 2 aliphatic heterocycles. The molecule has 0 radical (unpaired) electrons. The van der Waals surface area contributed by atoms with Crippen LogP contribution in [0, 0.1) is 18.7 Å². The van der Waals surface area contributed by atoms with Crippen LogP contribution in [0.3, 0.4) is 0 Å². The molecule has 0 saturated carbocycles. The minimum absolute atomic E-state index is 0.0142. The van der Waals surface area contributed by atoms with Crippen LogP contribution in [0.4, 0.5) is 4.39 Å². The molecule has 0 bridgehead atoms. The van der Waals surface area contributed by atoms with Crippen LogP contribution in [0.2, 0.25) is 0 Å². The predicted octanol–water partition coefficient (Wildman–Crippen LogP) is 3.83. The van der Waals surface area contributed by atoms with Crippen LogP contribution in [0.1, 0.15) is 42.9 Å². The standard InChI is InChI=1S/C17H24FNOS/c1-12-10-13(2-3-15(12)18)16(19)14-4-7-20-17(11-14)5-8-21-9-6-17/h2-3,10,14,16H,4-9,11,19H2,1H3. The van der Waals surface area contributed by atoms with Crippen LogP contribution in [-0.4, -0.2) is 23.7 Å². The zero-order valence-corrected chi connectivity index (χ0v) is 13.4. The molecular formula is C17H24FNOS. The van der Waals surface area contributed by atoms with E-state index in [1.54, 1.807) is 6.92 Å². The maximum absolute atomic E-state index is 13.4. The summed E-state index contributed by atoms with van der Waals surface area (Å²) < 4.78 is 19.6. The van der Waals surface area contributed by atoms with Gasteiger partial charge in [0.1, 0.15) is 5.82 Å². The highest BCUT2D eigenvalue weighted by Gasteiger charge is 2.40. The highest BCUT2D eigenvalue weighted by molar-refractivity contribution is 7.99. The summed E-state index contributed by atoms with van der Waals surface area (Å²) in [6.07, 6.45) is 4.34. The van der Waals surface area contributed by atoms with Crippen molar-refractivity contribution in [1.29, 1.82) is 0 Å². The molecule has 2 saturated heterocycles. The summed E-state index contributed by atoms with van der Waals surface area (Å²) in [5.41, 5.74) is 8.29. The molecule has 2 heterocycles. The molecule has 2 aliphatic rings.